The lowest BCUT2D eigenvalue weighted by Crippen LogP contribution is -2.61. The van der Waals surface area contributed by atoms with Crippen molar-refractivity contribution in [1.82, 2.24) is 0 Å². The molecule has 0 aliphatic heterocycles. The minimum atomic E-state index is -7.07. The molecule has 274 valence electrons. The first-order valence-electron chi connectivity index (χ1n) is 10.5. The number of phenolic OH excluding ortho intramolecular Hbond substituents is 2. The Bertz CT molecular complexity index is 1240. The fraction of sp³-hybridized carbons (Fsp3) is 0.667. The normalized spacial score (nSPS) is 14.5. The fourth-order valence-electron chi connectivity index (χ4n) is 2.10. The van der Waals surface area contributed by atoms with Crippen LogP contribution in [0.1, 0.15) is 12.8 Å². The topological polar surface area (TPSA) is 149 Å². The van der Waals surface area contributed by atoms with Gasteiger partial charge >= 0.3 is 47.9 Å². The number of halogens is 18. The van der Waals surface area contributed by atoms with E-state index in [0.29, 0.717) is 0 Å². The lowest BCUT2D eigenvalue weighted by molar-refractivity contribution is -0.396. The molecule has 46 heavy (non-hydrogen) atoms. The largest absolute Gasteiger partial charge is 0.508 e. The van der Waals surface area contributed by atoms with Crippen LogP contribution in [0.25, 0.3) is 0 Å². The van der Waals surface area contributed by atoms with Crippen LogP contribution in [0.15, 0.2) is 24.3 Å². The van der Waals surface area contributed by atoms with Gasteiger partial charge in [-0.15, -0.1) is 0 Å². The fourth-order valence-corrected chi connectivity index (χ4v) is 3.12. The van der Waals surface area contributed by atoms with Gasteiger partial charge in [0.1, 0.15) is 11.5 Å². The summed E-state index contributed by atoms with van der Waals surface area (Å²) >= 11 is 0. The van der Waals surface area contributed by atoms with E-state index in [1.807, 2.05) is 0 Å². The van der Waals surface area contributed by atoms with E-state index in [9.17, 15) is 95.9 Å². The molecule has 1 rings (SSSR count). The molecule has 4 N–H and O–H groups in total. The minimum Gasteiger partial charge on any atom is -0.508 e. The SMILES string of the molecule is O=S(=O)(O)CCC(F)(F)C(F)(F)C(F)(F)C(F)(F)F.O=S(=O)(O)CCC(F)(F)C(F)(F)C(F)(F)C(F)(F)F.Oc1ccc(O)cc1. The Morgan fingerprint density at radius 3 is 0.783 bits per heavy atom. The van der Waals surface area contributed by atoms with Crippen molar-refractivity contribution in [3.05, 3.63) is 24.3 Å². The third kappa shape index (κ3) is 11.9. The molecular weight excluding hydrogens is 750 g/mol. The second-order valence-corrected chi connectivity index (χ2v) is 11.4. The maximum Gasteiger partial charge on any atom is 0.460 e. The van der Waals surface area contributed by atoms with Crippen LogP contribution in [-0.4, -0.2) is 95.5 Å². The number of phenols is 2. The van der Waals surface area contributed by atoms with Gasteiger partial charge in [-0.25, -0.2) is 0 Å². The Balaban J connectivity index is 0. The van der Waals surface area contributed by atoms with Crippen LogP contribution in [0.2, 0.25) is 0 Å². The van der Waals surface area contributed by atoms with Crippen molar-refractivity contribution >= 4 is 20.2 Å². The highest BCUT2D eigenvalue weighted by molar-refractivity contribution is 7.86. The van der Waals surface area contributed by atoms with Crippen LogP contribution < -0.4 is 0 Å². The summed E-state index contributed by atoms with van der Waals surface area (Å²) in [5, 5.41) is 17.3. The standard InChI is InChI=1S/2C6H5F9O3S.C6H6O2/c2*7-3(8,1-2-19(16,17)18)4(9,10)5(11,12)6(13,14)15;7-5-1-2-6(8)4-3-5/h2*1-2H2,(H,16,17,18);1-4,7-8H. The second kappa shape index (κ2) is 14.2. The summed E-state index contributed by atoms with van der Waals surface area (Å²) in [5.74, 6) is -43.8. The van der Waals surface area contributed by atoms with E-state index < -0.39 is 92.5 Å². The average molecular weight is 766 g/mol. The summed E-state index contributed by atoms with van der Waals surface area (Å²) < 4.78 is 276. The Morgan fingerprint density at radius 1 is 0.435 bits per heavy atom. The van der Waals surface area contributed by atoms with Crippen molar-refractivity contribution in [2.24, 2.45) is 0 Å². The van der Waals surface area contributed by atoms with Crippen molar-refractivity contribution in [1.29, 1.82) is 0 Å². The summed E-state index contributed by atoms with van der Waals surface area (Å²) in [6, 6.07) is 5.70. The van der Waals surface area contributed by atoms with Gasteiger partial charge in [0.25, 0.3) is 20.2 Å². The first-order valence-corrected chi connectivity index (χ1v) is 13.7. The van der Waals surface area contributed by atoms with E-state index in [2.05, 4.69) is 0 Å². The van der Waals surface area contributed by atoms with E-state index in [1.54, 1.807) is 0 Å². The molecule has 0 aliphatic rings. The molecule has 0 aromatic heterocycles. The quantitative estimate of drug-likeness (QED) is 0.119. The second-order valence-electron chi connectivity index (χ2n) is 8.29. The van der Waals surface area contributed by atoms with Crippen molar-refractivity contribution in [2.75, 3.05) is 11.5 Å². The smallest absolute Gasteiger partial charge is 0.460 e. The van der Waals surface area contributed by atoms with Gasteiger partial charge in [0, 0.05) is 12.8 Å². The van der Waals surface area contributed by atoms with E-state index in [1.165, 1.54) is 24.3 Å². The third-order valence-corrected chi connectivity index (χ3v) is 6.06. The first-order chi connectivity index (χ1) is 19.7. The molecule has 0 amide bonds. The number of hydrogen-bond donors (Lipinski definition) is 4. The van der Waals surface area contributed by atoms with Crippen LogP contribution in [0.5, 0.6) is 11.5 Å². The lowest BCUT2D eigenvalue weighted by atomic mass is 10.0. The predicted molar refractivity (Wildman–Crippen MR) is 114 cm³/mol. The molecule has 8 nitrogen and oxygen atoms in total. The minimum absolute atomic E-state index is 0.169. The van der Waals surface area contributed by atoms with Crippen LogP contribution in [0.4, 0.5) is 79.0 Å². The van der Waals surface area contributed by atoms with Crippen molar-refractivity contribution in [2.45, 2.75) is 60.7 Å². The molecule has 0 unspecified atom stereocenters. The zero-order chi connectivity index (χ0) is 37.8. The molecule has 28 heteroatoms. The molecule has 0 spiro atoms. The zero-order valence-electron chi connectivity index (χ0n) is 21.2. The van der Waals surface area contributed by atoms with Gasteiger partial charge in [-0.05, 0) is 24.3 Å². The Kier molecular flexibility index (Phi) is 14.1. The molecule has 0 atom stereocenters. The molecule has 0 fully saturated rings. The van der Waals surface area contributed by atoms with Crippen molar-refractivity contribution in [3.63, 3.8) is 0 Å². The molecule has 0 radical (unpaired) electrons. The highest BCUT2D eigenvalue weighted by atomic mass is 32.2. The Hall–Kier alpha value is -2.62. The predicted octanol–water partition coefficient (Wildman–Crippen LogP) is 6.56. The molecule has 0 aliphatic carbocycles. The molecule has 0 saturated carbocycles. The third-order valence-electron chi connectivity index (χ3n) is 4.62. The number of hydrogen-bond acceptors (Lipinski definition) is 6. The van der Waals surface area contributed by atoms with Crippen LogP contribution >= 0.6 is 0 Å². The molecular formula is C18H16F18O8S2. The van der Waals surface area contributed by atoms with E-state index >= 15 is 0 Å². The molecule has 1 aromatic carbocycles. The maximum absolute atomic E-state index is 12.7. The van der Waals surface area contributed by atoms with Crippen LogP contribution in [0, 0.1) is 0 Å². The number of alkyl halides is 18. The van der Waals surface area contributed by atoms with Crippen LogP contribution in [0.3, 0.4) is 0 Å². The molecule has 0 saturated heterocycles. The van der Waals surface area contributed by atoms with Crippen molar-refractivity contribution < 1.29 is 115 Å². The summed E-state index contributed by atoms with van der Waals surface area (Å²) in [6.07, 6.45) is -19.1. The maximum atomic E-state index is 12.7. The average Bonchev–Trinajstić information content (AvgIpc) is 2.81. The Labute approximate surface area is 244 Å². The van der Waals surface area contributed by atoms with Gasteiger partial charge < -0.3 is 10.2 Å². The zero-order valence-corrected chi connectivity index (χ0v) is 22.8. The van der Waals surface area contributed by atoms with Crippen molar-refractivity contribution in [3.8, 4) is 11.5 Å². The molecule has 0 heterocycles. The van der Waals surface area contributed by atoms with E-state index in [4.69, 9.17) is 19.3 Å². The van der Waals surface area contributed by atoms with Gasteiger partial charge in [-0.3, -0.25) is 9.11 Å². The van der Waals surface area contributed by atoms with Crippen LogP contribution in [-0.2, 0) is 20.2 Å². The van der Waals surface area contributed by atoms with Gasteiger partial charge in [-0.1, -0.05) is 0 Å². The molecule has 0 bridgehead atoms. The monoisotopic (exact) mass is 766 g/mol. The number of benzene rings is 1. The lowest BCUT2D eigenvalue weighted by Gasteiger charge is -2.33. The van der Waals surface area contributed by atoms with E-state index in [0.717, 1.165) is 0 Å². The summed E-state index contributed by atoms with van der Waals surface area (Å²) in [7, 11) is -10.5. The van der Waals surface area contributed by atoms with Gasteiger partial charge in [-0.2, -0.15) is 95.9 Å². The highest BCUT2D eigenvalue weighted by Gasteiger charge is 2.82. The Morgan fingerprint density at radius 2 is 0.630 bits per heavy atom. The first kappa shape index (κ1) is 45.5. The van der Waals surface area contributed by atoms with Gasteiger partial charge in [0.15, 0.2) is 0 Å². The highest BCUT2D eigenvalue weighted by Crippen LogP contribution is 2.55. The summed E-state index contributed by atoms with van der Waals surface area (Å²) in [5.41, 5.74) is 0. The number of aromatic hydroxyl groups is 2. The van der Waals surface area contributed by atoms with Gasteiger partial charge in [0.05, 0.1) is 11.5 Å². The van der Waals surface area contributed by atoms with E-state index in [-0.39, 0.29) is 11.5 Å². The summed E-state index contributed by atoms with van der Waals surface area (Å²) in [6.45, 7) is 0. The molecule has 1 aromatic rings. The number of rotatable bonds is 10. The van der Waals surface area contributed by atoms with Gasteiger partial charge in [0.2, 0.25) is 0 Å². The summed E-state index contributed by atoms with van der Waals surface area (Å²) in [4.78, 5) is 0.